The van der Waals surface area contributed by atoms with Gasteiger partial charge in [0.25, 0.3) is 0 Å². The summed E-state index contributed by atoms with van der Waals surface area (Å²) in [5, 5.41) is 8.56. The summed E-state index contributed by atoms with van der Waals surface area (Å²) in [7, 11) is 1.73. The Morgan fingerprint density at radius 1 is 1.17 bits per heavy atom. The number of methoxy groups -OCH3 is 1. The SMILES string of the molecule is COCCCSCCOc1ccc(CC#N)cc1. The normalized spacial score (nSPS) is 10.0. The lowest BCUT2D eigenvalue weighted by molar-refractivity contribution is 0.200. The molecule has 0 unspecified atom stereocenters. The summed E-state index contributed by atoms with van der Waals surface area (Å²) in [6.07, 6.45) is 1.54. The maximum absolute atomic E-state index is 8.56. The van der Waals surface area contributed by atoms with Crippen LogP contribution in [0.2, 0.25) is 0 Å². The van der Waals surface area contributed by atoms with Crippen LogP contribution in [0.4, 0.5) is 0 Å². The highest BCUT2D eigenvalue weighted by atomic mass is 32.2. The molecule has 18 heavy (non-hydrogen) atoms. The molecule has 98 valence electrons. The van der Waals surface area contributed by atoms with Gasteiger partial charge in [0.15, 0.2) is 0 Å². The third-order valence-electron chi connectivity index (χ3n) is 2.34. The molecule has 0 fully saturated rings. The molecule has 0 aliphatic rings. The Balaban J connectivity index is 2.10. The summed E-state index contributed by atoms with van der Waals surface area (Å²) in [4.78, 5) is 0. The van der Waals surface area contributed by atoms with Gasteiger partial charge in [-0.1, -0.05) is 12.1 Å². The topological polar surface area (TPSA) is 42.2 Å². The minimum atomic E-state index is 0.454. The maximum Gasteiger partial charge on any atom is 0.119 e. The van der Waals surface area contributed by atoms with E-state index in [2.05, 4.69) is 6.07 Å². The third-order valence-corrected chi connectivity index (χ3v) is 3.37. The Morgan fingerprint density at radius 2 is 1.94 bits per heavy atom. The fourth-order valence-corrected chi connectivity index (χ4v) is 2.15. The van der Waals surface area contributed by atoms with Crippen LogP contribution in [0.1, 0.15) is 12.0 Å². The average Bonchev–Trinajstić information content (AvgIpc) is 2.40. The van der Waals surface area contributed by atoms with E-state index in [1.54, 1.807) is 7.11 Å². The standard InChI is InChI=1S/C14H19NO2S/c1-16-9-2-11-18-12-10-17-14-5-3-13(4-6-14)7-8-15/h3-6H,2,7,9-12H2,1H3. The van der Waals surface area contributed by atoms with Crippen LogP contribution in [-0.2, 0) is 11.2 Å². The third kappa shape index (κ3) is 6.53. The molecule has 0 aromatic heterocycles. The largest absolute Gasteiger partial charge is 0.493 e. The smallest absolute Gasteiger partial charge is 0.119 e. The van der Waals surface area contributed by atoms with E-state index in [1.165, 1.54) is 0 Å². The molecular weight excluding hydrogens is 246 g/mol. The maximum atomic E-state index is 8.56. The summed E-state index contributed by atoms with van der Waals surface area (Å²) < 4.78 is 10.6. The molecule has 0 aliphatic carbocycles. The van der Waals surface area contributed by atoms with Gasteiger partial charge in [0.05, 0.1) is 19.1 Å². The molecule has 1 rings (SSSR count). The molecule has 0 amide bonds. The Kier molecular flexibility index (Phi) is 8.11. The van der Waals surface area contributed by atoms with Crippen LogP contribution in [0, 0.1) is 11.3 Å². The predicted molar refractivity (Wildman–Crippen MR) is 75.1 cm³/mol. The Hall–Kier alpha value is -1.18. The zero-order valence-electron chi connectivity index (χ0n) is 10.7. The average molecular weight is 265 g/mol. The number of rotatable bonds is 9. The van der Waals surface area contributed by atoms with Crippen LogP contribution < -0.4 is 4.74 Å². The highest BCUT2D eigenvalue weighted by Gasteiger charge is 1.96. The first kappa shape index (κ1) is 14.9. The Labute approximate surface area is 113 Å². The van der Waals surface area contributed by atoms with Crippen LogP contribution in [0.3, 0.4) is 0 Å². The van der Waals surface area contributed by atoms with Crippen molar-refractivity contribution in [3.05, 3.63) is 29.8 Å². The van der Waals surface area contributed by atoms with Crippen LogP contribution >= 0.6 is 11.8 Å². The number of ether oxygens (including phenoxy) is 2. The van der Waals surface area contributed by atoms with Crippen molar-refractivity contribution in [3.63, 3.8) is 0 Å². The Bertz CT molecular complexity index is 359. The number of hydrogen-bond acceptors (Lipinski definition) is 4. The van der Waals surface area contributed by atoms with Gasteiger partial charge in [-0.05, 0) is 29.9 Å². The molecule has 1 aromatic carbocycles. The molecule has 0 aliphatic heterocycles. The van der Waals surface area contributed by atoms with Gasteiger partial charge >= 0.3 is 0 Å². The van der Waals surface area contributed by atoms with E-state index in [0.717, 1.165) is 42.5 Å². The highest BCUT2D eigenvalue weighted by molar-refractivity contribution is 7.99. The van der Waals surface area contributed by atoms with Gasteiger partial charge in [-0.3, -0.25) is 0 Å². The molecular formula is C14H19NO2S. The van der Waals surface area contributed by atoms with Crippen LogP contribution in [0.25, 0.3) is 0 Å². The van der Waals surface area contributed by atoms with Crippen LogP contribution in [0.15, 0.2) is 24.3 Å². The summed E-state index contributed by atoms with van der Waals surface area (Å²) in [5.41, 5.74) is 1.03. The number of nitriles is 1. The summed E-state index contributed by atoms with van der Waals surface area (Å²) in [6.45, 7) is 1.55. The van der Waals surface area contributed by atoms with Gasteiger partial charge in [0, 0.05) is 19.5 Å². The van der Waals surface area contributed by atoms with Crippen molar-refractivity contribution in [3.8, 4) is 11.8 Å². The minimum absolute atomic E-state index is 0.454. The number of benzene rings is 1. The lowest BCUT2D eigenvalue weighted by atomic mass is 10.2. The van der Waals surface area contributed by atoms with Crippen molar-refractivity contribution in [1.29, 1.82) is 5.26 Å². The van der Waals surface area contributed by atoms with Gasteiger partial charge in [0.1, 0.15) is 5.75 Å². The van der Waals surface area contributed by atoms with E-state index in [0.29, 0.717) is 6.42 Å². The van der Waals surface area contributed by atoms with Gasteiger partial charge in [0.2, 0.25) is 0 Å². The summed E-state index contributed by atoms with van der Waals surface area (Å²) in [6, 6.07) is 9.83. The van der Waals surface area contributed by atoms with E-state index < -0.39 is 0 Å². The first-order valence-electron chi connectivity index (χ1n) is 6.02. The second kappa shape index (κ2) is 9.81. The van der Waals surface area contributed by atoms with Crippen molar-refractivity contribution >= 4 is 11.8 Å². The lowest BCUT2D eigenvalue weighted by Gasteiger charge is -2.06. The molecule has 0 atom stereocenters. The van der Waals surface area contributed by atoms with Crippen molar-refractivity contribution in [2.24, 2.45) is 0 Å². The fraction of sp³-hybridized carbons (Fsp3) is 0.500. The quantitative estimate of drug-likeness (QED) is 0.644. The molecule has 0 radical (unpaired) electrons. The van der Waals surface area contributed by atoms with E-state index in [-0.39, 0.29) is 0 Å². The Morgan fingerprint density at radius 3 is 2.61 bits per heavy atom. The van der Waals surface area contributed by atoms with E-state index in [1.807, 2.05) is 36.0 Å². The zero-order valence-corrected chi connectivity index (χ0v) is 11.5. The van der Waals surface area contributed by atoms with Crippen LogP contribution in [-0.4, -0.2) is 31.8 Å². The van der Waals surface area contributed by atoms with Crippen LogP contribution in [0.5, 0.6) is 5.75 Å². The zero-order chi connectivity index (χ0) is 13.1. The van der Waals surface area contributed by atoms with Crippen molar-refractivity contribution in [2.75, 3.05) is 31.8 Å². The van der Waals surface area contributed by atoms with Crippen molar-refractivity contribution in [2.45, 2.75) is 12.8 Å². The van der Waals surface area contributed by atoms with E-state index in [9.17, 15) is 0 Å². The molecule has 0 bridgehead atoms. The number of hydrogen-bond donors (Lipinski definition) is 0. The van der Waals surface area contributed by atoms with E-state index >= 15 is 0 Å². The molecule has 0 N–H and O–H groups in total. The van der Waals surface area contributed by atoms with Gasteiger partial charge < -0.3 is 9.47 Å². The summed E-state index contributed by atoms with van der Waals surface area (Å²) in [5.74, 6) is 2.97. The molecule has 0 spiro atoms. The lowest BCUT2D eigenvalue weighted by Crippen LogP contribution is -2.01. The minimum Gasteiger partial charge on any atom is -0.493 e. The second-order valence-corrected chi connectivity index (χ2v) is 5.01. The van der Waals surface area contributed by atoms with Gasteiger partial charge in [-0.15, -0.1) is 0 Å². The first-order valence-corrected chi connectivity index (χ1v) is 7.17. The molecule has 0 saturated carbocycles. The number of nitrogens with zero attached hydrogens (tertiary/aromatic N) is 1. The predicted octanol–water partition coefficient (Wildman–Crippen LogP) is 2.90. The van der Waals surface area contributed by atoms with Crippen molar-refractivity contribution < 1.29 is 9.47 Å². The molecule has 1 aromatic rings. The molecule has 4 heteroatoms. The summed E-state index contributed by atoms with van der Waals surface area (Å²) >= 11 is 1.88. The number of thioether (sulfide) groups is 1. The molecule has 0 heterocycles. The van der Waals surface area contributed by atoms with Crippen molar-refractivity contribution in [1.82, 2.24) is 0 Å². The second-order valence-electron chi connectivity index (χ2n) is 3.79. The van der Waals surface area contributed by atoms with Gasteiger partial charge in [-0.2, -0.15) is 17.0 Å². The monoisotopic (exact) mass is 265 g/mol. The fourth-order valence-electron chi connectivity index (χ4n) is 1.42. The first-order chi connectivity index (χ1) is 8.86. The van der Waals surface area contributed by atoms with E-state index in [4.69, 9.17) is 14.7 Å². The molecule has 0 saturated heterocycles. The highest BCUT2D eigenvalue weighted by Crippen LogP contribution is 2.13. The molecule has 3 nitrogen and oxygen atoms in total. The van der Waals surface area contributed by atoms with Gasteiger partial charge in [-0.25, -0.2) is 0 Å².